The summed E-state index contributed by atoms with van der Waals surface area (Å²) in [5.41, 5.74) is 4.09. The zero-order valence-electron chi connectivity index (χ0n) is 10.1. The SMILES string of the molecule is C1CCC2C(C1)C1=C3C4CCC(C4)C3C2C1. The fourth-order valence-corrected chi connectivity index (χ4v) is 6.59. The molecule has 0 heteroatoms. The van der Waals surface area contributed by atoms with Crippen LogP contribution in [0.3, 0.4) is 0 Å². The third-order valence-corrected chi connectivity index (χ3v) is 6.88. The molecule has 0 saturated heterocycles. The van der Waals surface area contributed by atoms with E-state index in [9.17, 15) is 0 Å². The minimum Gasteiger partial charge on any atom is -0.0667 e. The first-order valence-electron chi connectivity index (χ1n) is 7.66. The Kier molecular flexibility index (Phi) is 1.52. The van der Waals surface area contributed by atoms with Crippen molar-refractivity contribution in [1.29, 1.82) is 0 Å². The molecular formula is C16H22. The summed E-state index contributed by atoms with van der Waals surface area (Å²) in [5, 5.41) is 0. The van der Waals surface area contributed by atoms with Gasteiger partial charge < -0.3 is 0 Å². The van der Waals surface area contributed by atoms with Gasteiger partial charge in [0.25, 0.3) is 0 Å². The topological polar surface area (TPSA) is 0 Å². The monoisotopic (exact) mass is 214 g/mol. The molecule has 5 rings (SSSR count). The molecule has 0 spiro atoms. The molecule has 86 valence electrons. The molecule has 4 bridgehead atoms. The highest BCUT2D eigenvalue weighted by molar-refractivity contribution is 5.40. The van der Waals surface area contributed by atoms with Crippen molar-refractivity contribution in [3.05, 3.63) is 11.1 Å². The molecule has 5 aliphatic rings. The van der Waals surface area contributed by atoms with E-state index in [0.29, 0.717) is 0 Å². The summed E-state index contributed by atoms with van der Waals surface area (Å²) < 4.78 is 0. The maximum Gasteiger partial charge on any atom is -0.0135 e. The molecule has 0 aliphatic heterocycles. The van der Waals surface area contributed by atoms with Gasteiger partial charge in [-0.3, -0.25) is 0 Å². The third kappa shape index (κ3) is 0.833. The number of hydrogen-bond donors (Lipinski definition) is 0. The Labute approximate surface area is 98.5 Å². The molecule has 0 amide bonds. The van der Waals surface area contributed by atoms with Crippen molar-refractivity contribution in [1.82, 2.24) is 0 Å². The van der Waals surface area contributed by atoms with Gasteiger partial charge in [0.2, 0.25) is 0 Å². The minimum atomic E-state index is 1.08. The average Bonchev–Trinajstić information content (AvgIpc) is 3.07. The van der Waals surface area contributed by atoms with E-state index in [1.165, 1.54) is 6.42 Å². The maximum atomic E-state index is 2.06. The third-order valence-electron chi connectivity index (χ3n) is 6.88. The molecule has 0 aromatic rings. The van der Waals surface area contributed by atoms with E-state index in [1.54, 1.807) is 44.9 Å². The van der Waals surface area contributed by atoms with Gasteiger partial charge in [-0.2, -0.15) is 0 Å². The number of rotatable bonds is 0. The zero-order chi connectivity index (χ0) is 10.3. The molecule has 5 aliphatic carbocycles. The highest BCUT2D eigenvalue weighted by atomic mass is 14.6. The van der Waals surface area contributed by atoms with Crippen molar-refractivity contribution in [2.75, 3.05) is 0 Å². The normalized spacial score (nSPS) is 57.0. The summed E-state index contributed by atoms with van der Waals surface area (Å²) in [6.45, 7) is 0. The van der Waals surface area contributed by atoms with Crippen molar-refractivity contribution >= 4 is 0 Å². The zero-order valence-corrected chi connectivity index (χ0v) is 10.1. The van der Waals surface area contributed by atoms with Gasteiger partial charge >= 0.3 is 0 Å². The Morgan fingerprint density at radius 3 is 2.81 bits per heavy atom. The van der Waals surface area contributed by atoms with Gasteiger partial charge in [-0.25, -0.2) is 0 Å². The van der Waals surface area contributed by atoms with Gasteiger partial charge in [0, 0.05) is 0 Å². The largest absolute Gasteiger partial charge is 0.0667 e. The Morgan fingerprint density at radius 1 is 0.875 bits per heavy atom. The molecule has 0 radical (unpaired) electrons. The molecule has 4 saturated carbocycles. The fraction of sp³-hybridized carbons (Fsp3) is 0.875. The van der Waals surface area contributed by atoms with Gasteiger partial charge in [-0.15, -0.1) is 0 Å². The molecule has 6 atom stereocenters. The fourth-order valence-electron chi connectivity index (χ4n) is 6.59. The standard InChI is InChI=1S/C16H22/c1-2-4-12-11(3-1)13-8-14(12)16-10-6-5-9(7-10)15(13)16/h9-13,15H,1-8H2. The molecule has 4 fully saturated rings. The highest BCUT2D eigenvalue weighted by Crippen LogP contribution is 2.69. The van der Waals surface area contributed by atoms with Crippen LogP contribution in [-0.2, 0) is 0 Å². The van der Waals surface area contributed by atoms with Crippen LogP contribution in [0, 0.1) is 35.5 Å². The van der Waals surface area contributed by atoms with Gasteiger partial charge in [0.1, 0.15) is 0 Å². The summed E-state index contributed by atoms with van der Waals surface area (Å²) in [4.78, 5) is 0. The van der Waals surface area contributed by atoms with Crippen LogP contribution in [0.1, 0.15) is 51.4 Å². The van der Waals surface area contributed by atoms with E-state index in [4.69, 9.17) is 0 Å². The molecule has 0 aromatic carbocycles. The van der Waals surface area contributed by atoms with Crippen molar-refractivity contribution in [3.8, 4) is 0 Å². The van der Waals surface area contributed by atoms with Crippen molar-refractivity contribution in [2.24, 2.45) is 35.5 Å². The summed E-state index contributed by atoms with van der Waals surface area (Å²) in [7, 11) is 0. The van der Waals surface area contributed by atoms with Gasteiger partial charge in [-0.1, -0.05) is 24.0 Å². The van der Waals surface area contributed by atoms with Crippen LogP contribution in [-0.4, -0.2) is 0 Å². The summed E-state index contributed by atoms with van der Waals surface area (Å²) in [6, 6.07) is 0. The van der Waals surface area contributed by atoms with Crippen LogP contribution in [0.25, 0.3) is 0 Å². The summed E-state index contributed by atoms with van der Waals surface area (Å²) >= 11 is 0. The first kappa shape index (κ1) is 8.78. The van der Waals surface area contributed by atoms with E-state index in [2.05, 4.69) is 5.57 Å². The quantitative estimate of drug-likeness (QED) is 0.531. The smallest absolute Gasteiger partial charge is 0.0135 e. The van der Waals surface area contributed by atoms with Crippen LogP contribution >= 0.6 is 0 Å². The average molecular weight is 214 g/mol. The Hall–Kier alpha value is -0.260. The first-order valence-corrected chi connectivity index (χ1v) is 7.66. The lowest BCUT2D eigenvalue weighted by Crippen LogP contribution is -2.31. The second-order valence-electron chi connectivity index (χ2n) is 7.20. The van der Waals surface area contributed by atoms with E-state index in [0.717, 1.165) is 35.5 Å². The minimum absolute atomic E-state index is 1.08. The van der Waals surface area contributed by atoms with Crippen molar-refractivity contribution in [3.63, 3.8) is 0 Å². The predicted molar refractivity (Wildman–Crippen MR) is 64.9 cm³/mol. The molecule has 0 aromatic heterocycles. The molecule has 0 N–H and O–H groups in total. The van der Waals surface area contributed by atoms with E-state index >= 15 is 0 Å². The Bertz CT molecular complexity index is 377. The van der Waals surface area contributed by atoms with Crippen molar-refractivity contribution < 1.29 is 0 Å². The lowest BCUT2D eigenvalue weighted by atomic mass is 9.65. The summed E-state index contributed by atoms with van der Waals surface area (Å²) in [6.07, 6.45) is 12.5. The van der Waals surface area contributed by atoms with Crippen molar-refractivity contribution in [2.45, 2.75) is 51.4 Å². The van der Waals surface area contributed by atoms with Crippen LogP contribution < -0.4 is 0 Å². The van der Waals surface area contributed by atoms with Gasteiger partial charge in [-0.05, 0) is 74.0 Å². The van der Waals surface area contributed by atoms with E-state index < -0.39 is 0 Å². The maximum absolute atomic E-state index is 2.06. The molecule has 6 unspecified atom stereocenters. The lowest BCUT2D eigenvalue weighted by Gasteiger charge is -2.40. The van der Waals surface area contributed by atoms with Gasteiger partial charge in [0.05, 0.1) is 0 Å². The summed E-state index contributed by atoms with van der Waals surface area (Å²) in [5.74, 6) is 6.73. The first-order chi connectivity index (χ1) is 7.93. The molecule has 0 nitrogen and oxygen atoms in total. The second kappa shape index (κ2) is 2.76. The van der Waals surface area contributed by atoms with Crippen LogP contribution in [0.2, 0.25) is 0 Å². The highest BCUT2D eigenvalue weighted by Gasteiger charge is 2.59. The lowest BCUT2D eigenvalue weighted by molar-refractivity contribution is 0.158. The van der Waals surface area contributed by atoms with Crippen LogP contribution in [0.15, 0.2) is 11.1 Å². The Morgan fingerprint density at radius 2 is 1.81 bits per heavy atom. The molecule has 0 heterocycles. The van der Waals surface area contributed by atoms with Gasteiger partial charge in [0.15, 0.2) is 0 Å². The van der Waals surface area contributed by atoms with E-state index in [1.807, 2.05) is 5.57 Å². The Balaban J connectivity index is 1.64. The predicted octanol–water partition coefficient (Wildman–Crippen LogP) is 4.17. The number of allylic oxidation sites excluding steroid dienone is 2. The second-order valence-corrected chi connectivity index (χ2v) is 7.20. The van der Waals surface area contributed by atoms with Crippen LogP contribution in [0.5, 0.6) is 0 Å². The molecule has 16 heavy (non-hydrogen) atoms. The number of hydrogen-bond acceptors (Lipinski definition) is 0. The number of fused-ring (bicyclic) bond motifs is 11. The molecular weight excluding hydrogens is 192 g/mol. The van der Waals surface area contributed by atoms with Crippen LogP contribution in [0.4, 0.5) is 0 Å². The van der Waals surface area contributed by atoms with E-state index in [-0.39, 0.29) is 0 Å².